The molecular weight excluding hydrogens is 308 g/mol. The molecule has 0 fully saturated rings. The van der Waals surface area contributed by atoms with Crippen molar-refractivity contribution in [3.63, 3.8) is 0 Å². The van der Waals surface area contributed by atoms with Crippen LogP contribution in [0.15, 0.2) is 36.4 Å². The standard InChI is InChI=1S/C23H32O2/c1-21(2,3)19-15(11-9-13-17(19)24)23(7,8)16-12-10-14-18(25)20(16)22(4,5)6/h9-14,24-25H,1-8H3. The number of hydrogen-bond donors (Lipinski definition) is 2. The summed E-state index contributed by atoms with van der Waals surface area (Å²) >= 11 is 0. The van der Waals surface area contributed by atoms with E-state index in [0.29, 0.717) is 11.5 Å². The average molecular weight is 341 g/mol. The summed E-state index contributed by atoms with van der Waals surface area (Å²) in [6.07, 6.45) is 0. The molecule has 0 unspecified atom stereocenters. The highest BCUT2D eigenvalue weighted by Gasteiger charge is 2.36. The van der Waals surface area contributed by atoms with Crippen LogP contribution in [0.4, 0.5) is 0 Å². The SMILES string of the molecule is CC(C)(C)c1c(O)cccc1C(C)(C)c1cccc(O)c1C(C)(C)C. The van der Waals surface area contributed by atoms with Crippen LogP contribution in [0.1, 0.15) is 77.6 Å². The van der Waals surface area contributed by atoms with Crippen molar-refractivity contribution in [1.29, 1.82) is 0 Å². The fraction of sp³-hybridized carbons (Fsp3) is 0.478. The molecule has 0 radical (unpaired) electrons. The molecule has 25 heavy (non-hydrogen) atoms. The molecule has 0 amide bonds. The van der Waals surface area contributed by atoms with Crippen LogP contribution < -0.4 is 0 Å². The minimum absolute atomic E-state index is 0.184. The number of phenols is 2. The second kappa shape index (κ2) is 6.09. The Morgan fingerprint density at radius 2 is 0.880 bits per heavy atom. The van der Waals surface area contributed by atoms with Gasteiger partial charge in [0.2, 0.25) is 0 Å². The third kappa shape index (κ3) is 3.53. The van der Waals surface area contributed by atoms with Crippen LogP contribution in [0.25, 0.3) is 0 Å². The van der Waals surface area contributed by atoms with Gasteiger partial charge >= 0.3 is 0 Å². The van der Waals surface area contributed by atoms with Gasteiger partial charge in [-0.3, -0.25) is 0 Å². The van der Waals surface area contributed by atoms with Gasteiger partial charge in [0.25, 0.3) is 0 Å². The van der Waals surface area contributed by atoms with E-state index in [0.717, 1.165) is 22.3 Å². The van der Waals surface area contributed by atoms with Crippen molar-refractivity contribution in [2.45, 2.75) is 71.6 Å². The van der Waals surface area contributed by atoms with E-state index in [2.05, 4.69) is 67.5 Å². The Labute approximate surface area is 152 Å². The molecule has 0 aromatic heterocycles. The number of hydrogen-bond acceptors (Lipinski definition) is 2. The molecule has 0 saturated carbocycles. The maximum atomic E-state index is 10.6. The van der Waals surface area contributed by atoms with E-state index in [-0.39, 0.29) is 16.2 Å². The van der Waals surface area contributed by atoms with Gasteiger partial charge in [-0.1, -0.05) is 79.7 Å². The summed E-state index contributed by atoms with van der Waals surface area (Å²) in [6, 6.07) is 11.5. The Bertz CT molecular complexity index is 706. The molecule has 0 saturated heterocycles. The molecule has 0 spiro atoms. The van der Waals surface area contributed by atoms with Gasteiger partial charge in [0.05, 0.1) is 0 Å². The van der Waals surface area contributed by atoms with E-state index in [1.54, 1.807) is 12.1 Å². The van der Waals surface area contributed by atoms with Gasteiger partial charge in [-0.05, 0) is 34.1 Å². The quantitative estimate of drug-likeness (QED) is 0.702. The summed E-state index contributed by atoms with van der Waals surface area (Å²) < 4.78 is 0. The Morgan fingerprint density at radius 3 is 1.16 bits per heavy atom. The Kier molecular flexibility index (Phi) is 4.71. The number of rotatable bonds is 2. The lowest BCUT2D eigenvalue weighted by molar-refractivity contribution is 0.430. The molecule has 0 atom stereocenters. The maximum absolute atomic E-state index is 10.6. The van der Waals surface area contributed by atoms with Crippen molar-refractivity contribution in [2.24, 2.45) is 0 Å². The predicted octanol–water partition coefficient (Wildman–Crippen LogP) is 6.02. The van der Waals surface area contributed by atoms with Gasteiger partial charge in [-0.15, -0.1) is 0 Å². The molecular formula is C23H32O2. The van der Waals surface area contributed by atoms with Gasteiger partial charge in [-0.25, -0.2) is 0 Å². The third-order valence-corrected chi connectivity index (χ3v) is 4.93. The smallest absolute Gasteiger partial charge is 0.119 e. The normalized spacial score (nSPS) is 13.1. The van der Waals surface area contributed by atoms with Gasteiger partial charge in [0.1, 0.15) is 11.5 Å². The van der Waals surface area contributed by atoms with Crippen molar-refractivity contribution in [1.82, 2.24) is 0 Å². The van der Waals surface area contributed by atoms with E-state index in [4.69, 9.17) is 0 Å². The lowest BCUT2D eigenvalue weighted by Gasteiger charge is -2.37. The number of benzene rings is 2. The molecule has 2 rings (SSSR count). The zero-order valence-electron chi connectivity index (χ0n) is 16.9. The van der Waals surface area contributed by atoms with Crippen LogP contribution in [0.5, 0.6) is 11.5 Å². The van der Waals surface area contributed by atoms with E-state index in [9.17, 15) is 10.2 Å². The summed E-state index contributed by atoms with van der Waals surface area (Å²) in [7, 11) is 0. The average Bonchev–Trinajstić information content (AvgIpc) is 2.44. The van der Waals surface area contributed by atoms with Crippen LogP contribution >= 0.6 is 0 Å². The Morgan fingerprint density at radius 1 is 0.560 bits per heavy atom. The van der Waals surface area contributed by atoms with Crippen molar-refractivity contribution >= 4 is 0 Å². The second-order valence-corrected chi connectivity index (χ2v) is 9.52. The van der Waals surface area contributed by atoms with Crippen LogP contribution in [-0.2, 0) is 16.2 Å². The lowest BCUT2D eigenvalue weighted by atomic mass is 9.67. The van der Waals surface area contributed by atoms with Crippen molar-refractivity contribution in [3.05, 3.63) is 58.7 Å². The van der Waals surface area contributed by atoms with E-state index >= 15 is 0 Å². The number of aromatic hydroxyl groups is 2. The molecule has 2 aromatic rings. The molecule has 0 aliphatic carbocycles. The first-order chi connectivity index (χ1) is 11.3. The minimum Gasteiger partial charge on any atom is -0.508 e. The Balaban J connectivity index is 2.83. The highest BCUT2D eigenvalue weighted by atomic mass is 16.3. The van der Waals surface area contributed by atoms with Gasteiger partial charge in [-0.2, -0.15) is 0 Å². The van der Waals surface area contributed by atoms with Gasteiger partial charge in [0.15, 0.2) is 0 Å². The predicted molar refractivity (Wildman–Crippen MR) is 106 cm³/mol. The molecule has 2 heteroatoms. The molecule has 2 aromatic carbocycles. The largest absolute Gasteiger partial charge is 0.508 e. The Hall–Kier alpha value is -1.96. The fourth-order valence-corrected chi connectivity index (χ4v) is 3.84. The highest BCUT2D eigenvalue weighted by Crippen LogP contribution is 2.46. The first-order valence-electron chi connectivity index (χ1n) is 8.94. The van der Waals surface area contributed by atoms with Gasteiger partial charge in [0, 0.05) is 16.5 Å². The summed E-state index contributed by atoms with van der Waals surface area (Å²) in [4.78, 5) is 0. The van der Waals surface area contributed by atoms with Crippen LogP contribution in [-0.4, -0.2) is 10.2 Å². The molecule has 2 N–H and O–H groups in total. The summed E-state index contributed by atoms with van der Waals surface area (Å²) in [6.45, 7) is 17.1. The van der Waals surface area contributed by atoms with E-state index in [1.165, 1.54) is 0 Å². The van der Waals surface area contributed by atoms with Crippen molar-refractivity contribution in [3.8, 4) is 11.5 Å². The molecule has 0 aliphatic rings. The first-order valence-corrected chi connectivity index (χ1v) is 8.94. The topological polar surface area (TPSA) is 40.5 Å². The summed E-state index contributed by atoms with van der Waals surface area (Å²) in [5, 5.41) is 21.1. The third-order valence-electron chi connectivity index (χ3n) is 4.93. The molecule has 0 heterocycles. The van der Waals surface area contributed by atoms with E-state index in [1.807, 2.05) is 12.1 Å². The first kappa shape index (κ1) is 19.4. The highest BCUT2D eigenvalue weighted by molar-refractivity contribution is 5.55. The van der Waals surface area contributed by atoms with Crippen molar-refractivity contribution in [2.75, 3.05) is 0 Å². The van der Waals surface area contributed by atoms with Crippen molar-refractivity contribution < 1.29 is 10.2 Å². The van der Waals surface area contributed by atoms with Crippen LogP contribution in [0.2, 0.25) is 0 Å². The number of phenolic OH excluding ortho intramolecular Hbond substituents is 2. The summed E-state index contributed by atoms with van der Waals surface area (Å²) in [5.41, 5.74) is 3.38. The zero-order valence-corrected chi connectivity index (χ0v) is 16.9. The van der Waals surface area contributed by atoms with Crippen LogP contribution in [0.3, 0.4) is 0 Å². The van der Waals surface area contributed by atoms with Crippen LogP contribution in [0, 0.1) is 0 Å². The minimum atomic E-state index is -0.358. The molecule has 0 aliphatic heterocycles. The molecule has 2 nitrogen and oxygen atoms in total. The zero-order chi connectivity index (χ0) is 19.2. The maximum Gasteiger partial charge on any atom is 0.119 e. The second-order valence-electron chi connectivity index (χ2n) is 9.52. The van der Waals surface area contributed by atoms with Gasteiger partial charge < -0.3 is 10.2 Å². The molecule has 0 bridgehead atoms. The van der Waals surface area contributed by atoms with E-state index < -0.39 is 0 Å². The summed E-state index contributed by atoms with van der Waals surface area (Å²) in [5.74, 6) is 0.658. The molecule has 136 valence electrons. The lowest BCUT2D eigenvalue weighted by Crippen LogP contribution is -2.29. The fourth-order valence-electron chi connectivity index (χ4n) is 3.84. The monoisotopic (exact) mass is 340 g/mol.